The standard InChI is InChI=1S/C26H28FNO5/c1-4-32-25(30)33-23-22(24(29)28-26(23)13-11-20(31-3)12-14-26)21-15-18(6-5-16(21)2)17-7-9-19(27)10-8-17/h5-10,15,20H,4,11-14H2,1-3H3,(H,28,29). The topological polar surface area (TPSA) is 73.9 Å². The van der Waals surface area contributed by atoms with Crippen LogP contribution in [0.5, 0.6) is 0 Å². The fourth-order valence-electron chi connectivity index (χ4n) is 4.69. The molecule has 0 atom stereocenters. The number of aryl methyl sites for hydroxylation is 1. The lowest BCUT2D eigenvalue weighted by molar-refractivity contribution is -0.116. The minimum absolute atomic E-state index is 0.101. The fraction of sp³-hybridized carbons (Fsp3) is 0.385. The molecular weight excluding hydrogens is 425 g/mol. The van der Waals surface area contributed by atoms with Gasteiger partial charge in [0.1, 0.15) is 11.6 Å². The highest BCUT2D eigenvalue weighted by Crippen LogP contribution is 2.44. The van der Waals surface area contributed by atoms with Crippen molar-refractivity contribution in [3.05, 3.63) is 65.2 Å². The third-order valence-electron chi connectivity index (χ3n) is 6.49. The molecule has 2 aromatic rings. The molecule has 1 aliphatic carbocycles. The molecule has 1 aliphatic heterocycles. The van der Waals surface area contributed by atoms with Crippen LogP contribution in [0, 0.1) is 12.7 Å². The molecule has 0 bridgehead atoms. The monoisotopic (exact) mass is 453 g/mol. The molecule has 0 saturated heterocycles. The summed E-state index contributed by atoms with van der Waals surface area (Å²) in [5, 5.41) is 3.10. The molecule has 1 fully saturated rings. The van der Waals surface area contributed by atoms with Gasteiger partial charge in [-0.3, -0.25) is 4.79 Å². The Morgan fingerprint density at radius 1 is 1.12 bits per heavy atom. The van der Waals surface area contributed by atoms with E-state index in [1.807, 2.05) is 25.1 Å². The van der Waals surface area contributed by atoms with Crippen molar-refractivity contribution in [1.82, 2.24) is 5.32 Å². The summed E-state index contributed by atoms with van der Waals surface area (Å²) in [4.78, 5) is 25.7. The van der Waals surface area contributed by atoms with E-state index in [4.69, 9.17) is 14.2 Å². The van der Waals surface area contributed by atoms with Gasteiger partial charge in [0.05, 0.1) is 23.8 Å². The van der Waals surface area contributed by atoms with E-state index in [2.05, 4.69) is 5.32 Å². The van der Waals surface area contributed by atoms with E-state index in [1.54, 1.807) is 26.2 Å². The van der Waals surface area contributed by atoms with Gasteiger partial charge in [-0.05, 0) is 80.0 Å². The second-order valence-electron chi connectivity index (χ2n) is 8.50. The van der Waals surface area contributed by atoms with Crippen LogP contribution in [0.3, 0.4) is 0 Å². The number of nitrogens with one attached hydrogen (secondary N) is 1. The van der Waals surface area contributed by atoms with Gasteiger partial charge in [0.25, 0.3) is 5.91 Å². The summed E-state index contributed by atoms with van der Waals surface area (Å²) in [6.45, 7) is 3.77. The van der Waals surface area contributed by atoms with E-state index in [0.29, 0.717) is 29.7 Å². The first kappa shape index (κ1) is 23.0. The van der Waals surface area contributed by atoms with Gasteiger partial charge in [-0.2, -0.15) is 0 Å². The number of hydrogen-bond donors (Lipinski definition) is 1. The van der Waals surface area contributed by atoms with Crippen LogP contribution >= 0.6 is 0 Å². The molecule has 0 aromatic heterocycles. The van der Waals surface area contributed by atoms with Crippen LogP contribution < -0.4 is 5.32 Å². The number of rotatable bonds is 5. The van der Waals surface area contributed by atoms with Gasteiger partial charge in [0.15, 0.2) is 0 Å². The largest absolute Gasteiger partial charge is 0.513 e. The molecule has 1 spiro atoms. The predicted octanol–water partition coefficient (Wildman–Crippen LogP) is 5.14. The van der Waals surface area contributed by atoms with E-state index in [1.165, 1.54) is 12.1 Å². The number of ether oxygens (including phenoxy) is 3. The summed E-state index contributed by atoms with van der Waals surface area (Å²) in [6.07, 6.45) is 1.91. The summed E-state index contributed by atoms with van der Waals surface area (Å²) in [5.41, 5.74) is 2.72. The molecular formula is C26H28FNO5. The van der Waals surface area contributed by atoms with Crippen LogP contribution in [0.4, 0.5) is 9.18 Å². The van der Waals surface area contributed by atoms with E-state index >= 15 is 0 Å². The summed E-state index contributed by atoms with van der Waals surface area (Å²) in [7, 11) is 1.68. The van der Waals surface area contributed by atoms with Crippen molar-refractivity contribution in [2.45, 2.75) is 51.2 Å². The van der Waals surface area contributed by atoms with Crippen LogP contribution in [-0.4, -0.2) is 37.4 Å². The molecule has 1 amide bonds. The SMILES string of the molecule is CCOC(=O)OC1=C(c2cc(-c3ccc(F)cc3)ccc2C)C(=O)NC12CCC(OC)CC2. The molecule has 0 radical (unpaired) electrons. The normalized spacial score (nSPS) is 22.4. The van der Waals surface area contributed by atoms with Gasteiger partial charge >= 0.3 is 6.16 Å². The Morgan fingerprint density at radius 3 is 2.42 bits per heavy atom. The number of methoxy groups -OCH3 is 1. The second-order valence-corrected chi connectivity index (χ2v) is 8.50. The number of hydrogen-bond acceptors (Lipinski definition) is 5. The van der Waals surface area contributed by atoms with Gasteiger partial charge in [-0.25, -0.2) is 9.18 Å². The van der Waals surface area contributed by atoms with Crippen molar-refractivity contribution in [1.29, 1.82) is 0 Å². The lowest BCUT2D eigenvalue weighted by Gasteiger charge is -2.37. The van der Waals surface area contributed by atoms with Crippen molar-refractivity contribution >= 4 is 17.6 Å². The van der Waals surface area contributed by atoms with Crippen LogP contribution in [0.2, 0.25) is 0 Å². The fourth-order valence-corrected chi connectivity index (χ4v) is 4.69. The van der Waals surface area contributed by atoms with Gasteiger partial charge < -0.3 is 19.5 Å². The highest BCUT2D eigenvalue weighted by Gasteiger charge is 2.50. The van der Waals surface area contributed by atoms with E-state index in [0.717, 1.165) is 29.5 Å². The van der Waals surface area contributed by atoms with Gasteiger partial charge in [-0.1, -0.05) is 24.3 Å². The molecule has 2 aromatic carbocycles. The first-order valence-electron chi connectivity index (χ1n) is 11.2. The first-order valence-corrected chi connectivity index (χ1v) is 11.2. The molecule has 6 nitrogen and oxygen atoms in total. The molecule has 174 valence electrons. The van der Waals surface area contributed by atoms with Crippen LogP contribution in [-0.2, 0) is 19.0 Å². The van der Waals surface area contributed by atoms with Crippen molar-refractivity contribution in [2.75, 3.05) is 13.7 Å². The minimum Gasteiger partial charge on any atom is -0.434 e. The van der Waals surface area contributed by atoms with E-state index < -0.39 is 11.7 Å². The highest BCUT2D eigenvalue weighted by molar-refractivity contribution is 6.24. The van der Waals surface area contributed by atoms with Crippen molar-refractivity contribution < 1.29 is 28.2 Å². The average molecular weight is 454 g/mol. The third kappa shape index (κ3) is 4.50. The van der Waals surface area contributed by atoms with Crippen molar-refractivity contribution in [3.63, 3.8) is 0 Å². The van der Waals surface area contributed by atoms with Gasteiger partial charge in [-0.15, -0.1) is 0 Å². The molecule has 2 aliphatic rings. The lowest BCUT2D eigenvalue weighted by atomic mass is 9.79. The van der Waals surface area contributed by atoms with Crippen LogP contribution in [0.25, 0.3) is 16.7 Å². The molecule has 7 heteroatoms. The minimum atomic E-state index is -0.831. The quantitative estimate of drug-likeness (QED) is 0.635. The Labute approximate surface area is 192 Å². The smallest absolute Gasteiger partial charge is 0.434 e. The maximum atomic E-state index is 13.4. The number of carbonyl (C=O) groups excluding carboxylic acids is 2. The number of benzene rings is 2. The van der Waals surface area contributed by atoms with Crippen molar-refractivity contribution in [3.8, 4) is 11.1 Å². The molecule has 1 saturated carbocycles. The Bertz CT molecular complexity index is 1080. The van der Waals surface area contributed by atoms with Crippen LogP contribution in [0.1, 0.15) is 43.7 Å². The zero-order valence-electron chi connectivity index (χ0n) is 19.1. The second kappa shape index (κ2) is 9.35. The maximum absolute atomic E-state index is 13.4. The zero-order valence-corrected chi connectivity index (χ0v) is 19.1. The number of amides is 1. The van der Waals surface area contributed by atoms with Crippen LogP contribution in [0.15, 0.2) is 48.2 Å². The Kier molecular flexibility index (Phi) is 6.51. The summed E-state index contributed by atoms with van der Waals surface area (Å²) >= 11 is 0. The highest BCUT2D eigenvalue weighted by atomic mass is 19.1. The Balaban J connectivity index is 1.82. The summed E-state index contributed by atoms with van der Waals surface area (Å²) in [6, 6.07) is 11.9. The molecule has 0 unspecified atom stereocenters. The molecule has 1 N–H and O–H groups in total. The van der Waals surface area contributed by atoms with E-state index in [-0.39, 0.29) is 24.4 Å². The predicted molar refractivity (Wildman–Crippen MR) is 122 cm³/mol. The maximum Gasteiger partial charge on any atom is 0.513 e. The van der Waals surface area contributed by atoms with Crippen molar-refractivity contribution in [2.24, 2.45) is 0 Å². The van der Waals surface area contributed by atoms with Gasteiger partial charge in [0.2, 0.25) is 0 Å². The Morgan fingerprint density at radius 2 is 1.79 bits per heavy atom. The Hall–Kier alpha value is -3.19. The molecule has 1 heterocycles. The molecule has 4 rings (SSSR count). The summed E-state index contributed by atoms with van der Waals surface area (Å²) < 4.78 is 29.6. The van der Waals surface area contributed by atoms with Gasteiger partial charge in [0, 0.05) is 7.11 Å². The number of carbonyl (C=O) groups is 2. The third-order valence-corrected chi connectivity index (χ3v) is 6.49. The van der Waals surface area contributed by atoms with E-state index in [9.17, 15) is 14.0 Å². The average Bonchev–Trinajstić information content (AvgIpc) is 3.06. The lowest BCUT2D eigenvalue weighted by Crippen LogP contribution is -2.49. The first-order chi connectivity index (χ1) is 15.9. The molecule has 33 heavy (non-hydrogen) atoms. The zero-order chi connectivity index (χ0) is 23.6. The number of halogens is 1. The summed E-state index contributed by atoms with van der Waals surface area (Å²) in [5.74, 6) is -0.299.